The first-order valence-corrected chi connectivity index (χ1v) is 6.16. The molecule has 0 saturated heterocycles. The van der Waals surface area contributed by atoms with Gasteiger partial charge in [0.15, 0.2) is 0 Å². The van der Waals surface area contributed by atoms with E-state index in [1.54, 1.807) is 6.07 Å². The maximum absolute atomic E-state index is 10.8. The molecule has 1 rings (SSSR count). The van der Waals surface area contributed by atoms with Gasteiger partial charge in [0.1, 0.15) is 5.25 Å². The van der Waals surface area contributed by atoms with Crippen molar-refractivity contribution in [1.82, 2.24) is 0 Å². The second-order valence-electron chi connectivity index (χ2n) is 3.04. The van der Waals surface area contributed by atoms with Crippen molar-refractivity contribution in [2.75, 3.05) is 5.73 Å². The third-order valence-corrected chi connectivity index (χ3v) is 3.83. The third-order valence-electron chi connectivity index (χ3n) is 1.89. The van der Waals surface area contributed by atoms with Gasteiger partial charge in [0.2, 0.25) is 0 Å². The summed E-state index contributed by atoms with van der Waals surface area (Å²) in [6.45, 7) is 1.85. The summed E-state index contributed by atoms with van der Waals surface area (Å²) in [4.78, 5) is 11.7. The van der Waals surface area contributed by atoms with E-state index in [-0.39, 0.29) is 0 Å². The molecule has 1 aromatic rings. The van der Waals surface area contributed by atoms with Crippen molar-refractivity contribution in [1.29, 1.82) is 0 Å². The number of nitrogen functional groups attached to an aromatic ring is 1. The standard InChI is InChI=1S/C10H12BrNO2S/c1-2-8(10(13)14)15-9-4-3-6(11)5-7(9)12/h3-5,8H,2,12H2,1H3,(H,13,14). The van der Waals surface area contributed by atoms with E-state index in [4.69, 9.17) is 10.8 Å². The van der Waals surface area contributed by atoms with Crippen LogP contribution in [0.3, 0.4) is 0 Å². The Morgan fingerprint density at radius 2 is 2.33 bits per heavy atom. The van der Waals surface area contributed by atoms with Gasteiger partial charge in [0.25, 0.3) is 0 Å². The summed E-state index contributed by atoms with van der Waals surface area (Å²) in [7, 11) is 0. The van der Waals surface area contributed by atoms with Crippen molar-refractivity contribution in [3.63, 3.8) is 0 Å². The molecular weight excluding hydrogens is 278 g/mol. The Hall–Kier alpha value is -0.680. The first-order chi connectivity index (χ1) is 7.04. The summed E-state index contributed by atoms with van der Waals surface area (Å²) in [6, 6.07) is 5.46. The number of nitrogens with two attached hydrogens (primary N) is 1. The number of hydrogen-bond acceptors (Lipinski definition) is 3. The SMILES string of the molecule is CCC(Sc1ccc(Br)cc1N)C(=O)O. The molecule has 5 heteroatoms. The number of thioether (sulfide) groups is 1. The number of halogens is 1. The van der Waals surface area contributed by atoms with E-state index in [1.165, 1.54) is 11.8 Å². The highest BCUT2D eigenvalue weighted by molar-refractivity contribution is 9.10. The summed E-state index contributed by atoms with van der Waals surface area (Å²) < 4.78 is 0.896. The molecule has 0 aliphatic rings. The van der Waals surface area contributed by atoms with Crippen LogP contribution in [-0.4, -0.2) is 16.3 Å². The van der Waals surface area contributed by atoms with Gasteiger partial charge in [-0.3, -0.25) is 4.79 Å². The van der Waals surface area contributed by atoms with Crippen LogP contribution in [0.2, 0.25) is 0 Å². The summed E-state index contributed by atoms with van der Waals surface area (Å²) in [5, 5.41) is 8.47. The van der Waals surface area contributed by atoms with E-state index in [0.29, 0.717) is 12.1 Å². The smallest absolute Gasteiger partial charge is 0.316 e. The largest absolute Gasteiger partial charge is 0.480 e. The quantitative estimate of drug-likeness (QED) is 0.661. The van der Waals surface area contributed by atoms with E-state index in [2.05, 4.69) is 15.9 Å². The van der Waals surface area contributed by atoms with Crippen molar-refractivity contribution >= 4 is 39.3 Å². The van der Waals surface area contributed by atoms with Crippen molar-refractivity contribution in [2.45, 2.75) is 23.5 Å². The molecule has 0 aliphatic heterocycles. The lowest BCUT2D eigenvalue weighted by Crippen LogP contribution is -2.14. The second kappa shape index (κ2) is 5.42. The number of carbonyl (C=O) groups is 1. The number of aliphatic carboxylic acids is 1. The maximum Gasteiger partial charge on any atom is 0.316 e. The Morgan fingerprint density at radius 3 is 2.80 bits per heavy atom. The highest BCUT2D eigenvalue weighted by atomic mass is 79.9. The average molecular weight is 290 g/mol. The number of carboxylic acids is 1. The molecule has 0 amide bonds. The van der Waals surface area contributed by atoms with Gasteiger partial charge in [0, 0.05) is 15.1 Å². The summed E-state index contributed by atoms with van der Waals surface area (Å²) >= 11 is 4.59. The lowest BCUT2D eigenvalue weighted by Gasteiger charge is -2.11. The van der Waals surface area contributed by atoms with Gasteiger partial charge < -0.3 is 10.8 Å². The Labute approximate surface area is 101 Å². The zero-order valence-electron chi connectivity index (χ0n) is 8.24. The Bertz CT molecular complexity index is 370. The number of carboxylic acid groups (broad SMARTS) is 1. The minimum atomic E-state index is -0.801. The van der Waals surface area contributed by atoms with E-state index < -0.39 is 11.2 Å². The topological polar surface area (TPSA) is 63.3 Å². The number of rotatable bonds is 4. The molecule has 0 aromatic heterocycles. The van der Waals surface area contributed by atoms with Crippen LogP contribution >= 0.6 is 27.7 Å². The molecule has 0 fully saturated rings. The number of hydrogen-bond donors (Lipinski definition) is 2. The van der Waals surface area contributed by atoms with Crippen LogP contribution < -0.4 is 5.73 Å². The van der Waals surface area contributed by atoms with Gasteiger partial charge in [-0.05, 0) is 24.6 Å². The molecule has 3 nitrogen and oxygen atoms in total. The Kier molecular flexibility index (Phi) is 4.47. The van der Waals surface area contributed by atoms with Crippen LogP contribution in [0.15, 0.2) is 27.6 Å². The van der Waals surface area contributed by atoms with Gasteiger partial charge in [-0.2, -0.15) is 0 Å². The third kappa shape index (κ3) is 3.43. The van der Waals surface area contributed by atoms with Crippen LogP contribution in [0.1, 0.15) is 13.3 Å². The molecule has 82 valence electrons. The fourth-order valence-electron chi connectivity index (χ4n) is 1.09. The van der Waals surface area contributed by atoms with E-state index >= 15 is 0 Å². The van der Waals surface area contributed by atoms with E-state index in [9.17, 15) is 4.79 Å². The molecule has 0 bridgehead atoms. The number of anilines is 1. The highest BCUT2D eigenvalue weighted by Gasteiger charge is 2.17. The predicted molar refractivity (Wildman–Crippen MR) is 66.1 cm³/mol. The van der Waals surface area contributed by atoms with Crippen molar-refractivity contribution in [3.8, 4) is 0 Å². The lowest BCUT2D eigenvalue weighted by atomic mass is 10.3. The molecule has 3 N–H and O–H groups in total. The maximum atomic E-state index is 10.8. The minimum Gasteiger partial charge on any atom is -0.480 e. The van der Waals surface area contributed by atoms with Crippen molar-refractivity contribution in [2.24, 2.45) is 0 Å². The molecule has 15 heavy (non-hydrogen) atoms. The Balaban J connectivity index is 2.84. The summed E-state index contributed by atoms with van der Waals surface area (Å²) in [5.74, 6) is -0.801. The van der Waals surface area contributed by atoms with Gasteiger partial charge >= 0.3 is 5.97 Å². The Morgan fingerprint density at radius 1 is 1.67 bits per heavy atom. The lowest BCUT2D eigenvalue weighted by molar-refractivity contribution is -0.136. The zero-order valence-corrected chi connectivity index (χ0v) is 10.6. The number of benzene rings is 1. The minimum absolute atomic E-state index is 0.437. The fraction of sp³-hybridized carbons (Fsp3) is 0.300. The molecular formula is C10H12BrNO2S. The molecule has 0 aliphatic carbocycles. The molecule has 1 aromatic carbocycles. The van der Waals surface area contributed by atoms with Gasteiger partial charge in [-0.25, -0.2) is 0 Å². The zero-order chi connectivity index (χ0) is 11.4. The van der Waals surface area contributed by atoms with Crippen LogP contribution in [0.5, 0.6) is 0 Å². The second-order valence-corrected chi connectivity index (χ2v) is 5.20. The molecule has 1 unspecified atom stereocenters. The van der Waals surface area contributed by atoms with Gasteiger partial charge in [-0.15, -0.1) is 11.8 Å². The normalized spacial score (nSPS) is 12.4. The molecule has 0 spiro atoms. The molecule has 0 heterocycles. The van der Waals surface area contributed by atoms with Crippen molar-refractivity contribution in [3.05, 3.63) is 22.7 Å². The highest BCUT2D eigenvalue weighted by Crippen LogP contribution is 2.32. The van der Waals surface area contributed by atoms with Crippen LogP contribution in [0.25, 0.3) is 0 Å². The first kappa shape index (κ1) is 12.4. The predicted octanol–water partition coefficient (Wildman–Crippen LogP) is 2.99. The molecule has 0 radical (unpaired) electrons. The summed E-state index contributed by atoms with van der Waals surface area (Å²) in [6.07, 6.45) is 0.579. The monoisotopic (exact) mass is 289 g/mol. The average Bonchev–Trinajstić information content (AvgIpc) is 2.16. The van der Waals surface area contributed by atoms with Gasteiger partial charge in [-0.1, -0.05) is 22.9 Å². The van der Waals surface area contributed by atoms with E-state index in [0.717, 1.165) is 9.37 Å². The fourth-order valence-corrected chi connectivity index (χ4v) is 2.38. The molecule has 1 atom stereocenters. The van der Waals surface area contributed by atoms with Crippen molar-refractivity contribution < 1.29 is 9.90 Å². The van der Waals surface area contributed by atoms with E-state index in [1.807, 2.05) is 19.1 Å². The van der Waals surface area contributed by atoms with Crippen LogP contribution in [0, 0.1) is 0 Å². The molecule has 0 saturated carbocycles. The first-order valence-electron chi connectivity index (χ1n) is 4.49. The van der Waals surface area contributed by atoms with Crippen LogP contribution in [0.4, 0.5) is 5.69 Å². The summed E-state index contributed by atoms with van der Waals surface area (Å²) in [5.41, 5.74) is 6.39. The van der Waals surface area contributed by atoms with Gasteiger partial charge in [0.05, 0.1) is 0 Å². The van der Waals surface area contributed by atoms with Crippen LogP contribution in [-0.2, 0) is 4.79 Å².